The third-order valence-electron chi connectivity index (χ3n) is 2.67. The van der Waals surface area contributed by atoms with Crippen LogP contribution in [0.2, 0.25) is 0 Å². The zero-order valence-corrected chi connectivity index (χ0v) is 13.0. The molecule has 0 unspecified atom stereocenters. The van der Waals surface area contributed by atoms with Crippen LogP contribution in [0.25, 0.3) is 11.2 Å². The van der Waals surface area contributed by atoms with Crippen LogP contribution in [-0.2, 0) is 4.74 Å². The summed E-state index contributed by atoms with van der Waals surface area (Å²) in [7, 11) is 0. The summed E-state index contributed by atoms with van der Waals surface area (Å²) in [4.78, 5) is 25.7. The van der Waals surface area contributed by atoms with E-state index in [1.807, 2.05) is 20.8 Å². The Hall–Kier alpha value is -2.58. The number of carbonyl (C=O) groups excluding carboxylic acids is 1. The number of amides is 1. The number of imidazole rings is 1. The molecule has 0 aromatic carbocycles. The molecule has 2 aromatic heterocycles. The summed E-state index contributed by atoms with van der Waals surface area (Å²) in [5.74, 6) is 0.818. The van der Waals surface area contributed by atoms with Gasteiger partial charge in [0.15, 0.2) is 12.1 Å². The molecule has 0 radical (unpaired) electrons. The van der Waals surface area contributed by atoms with E-state index in [4.69, 9.17) is 10.5 Å². The van der Waals surface area contributed by atoms with E-state index in [0.717, 1.165) is 0 Å². The van der Waals surface area contributed by atoms with Crippen LogP contribution in [0.15, 0.2) is 6.33 Å². The summed E-state index contributed by atoms with van der Waals surface area (Å²) >= 11 is 0. The summed E-state index contributed by atoms with van der Waals surface area (Å²) in [6.07, 6.45) is 1.93. The molecule has 0 atom stereocenters. The number of rotatable bonds is 5. The van der Waals surface area contributed by atoms with Gasteiger partial charge in [-0.25, -0.2) is 9.78 Å². The second-order valence-electron chi connectivity index (χ2n) is 5.80. The van der Waals surface area contributed by atoms with E-state index in [9.17, 15) is 4.79 Å². The summed E-state index contributed by atoms with van der Waals surface area (Å²) in [5.41, 5.74) is 6.64. The summed E-state index contributed by atoms with van der Waals surface area (Å²) in [6.45, 7) is 6.57. The van der Waals surface area contributed by atoms with E-state index >= 15 is 0 Å². The Morgan fingerprint density at radius 3 is 2.91 bits per heavy atom. The number of nitrogens with one attached hydrogen (secondary N) is 4. The number of anilines is 2. The van der Waals surface area contributed by atoms with Gasteiger partial charge in [-0.2, -0.15) is 4.98 Å². The molecule has 9 nitrogen and oxygen atoms in total. The first kappa shape index (κ1) is 15.8. The Balaban J connectivity index is 1.73. The molecule has 9 heteroatoms. The van der Waals surface area contributed by atoms with E-state index in [-0.39, 0.29) is 0 Å². The second kappa shape index (κ2) is 6.46. The Labute approximate surface area is 128 Å². The highest BCUT2D eigenvalue weighted by Gasteiger charge is 2.15. The van der Waals surface area contributed by atoms with Crippen molar-refractivity contribution >= 4 is 29.0 Å². The van der Waals surface area contributed by atoms with E-state index in [2.05, 4.69) is 30.6 Å². The van der Waals surface area contributed by atoms with Crippen LogP contribution in [0.3, 0.4) is 0 Å². The van der Waals surface area contributed by atoms with E-state index < -0.39 is 11.7 Å². The van der Waals surface area contributed by atoms with Crippen LogP contribution < -0.4 is 21.4 Å². The number of hydrogen-bond acceptors (Lipinski definition) is 6. The van der Waals surface area contributed by atoms with Crippen molar-refractivity contribution in [3.05, 3.63) is 6.33 Å². The lowest BCUT2D eigenvalue weighted by molar-refractivity contribution is -0.347. The molecule has 0 aliphatic heterocycles. The third kappa shape index (κ3) is 4.47. The molecule has 120 valence electrons. The van der Waals surface area contributed by atoms with Crippen molar-refractivity contribution in [3.8, 4) is 0 Å². The Bertz CT molecular complexity index is 647. The molecule has 0 aliphatic rings. The fourth-order valence-corrected chi connectivity index (χ4v) is 1.77. The van der Waals surface area contributed by atoms with Crippen LogP contribution in [-0.4, -0.2) is 39.7 Å². The maximum absolute atomic E-state index is 11.5. The molecule has 0 saturated carbocycles. The highest BCUT2D eigenvalue weighted by Crippen LogP contribution is 2.12. The van der Waals surface area contributed by atoms with Crippen molar-refractivity contribution in [2.24, 2.45) is 0 Å². The number of fused-ring (bicyclic) bond motifs is 1. The first-order valence-electron chi connectivity index (χ1n) is 7.08. The highest BCUT2D eigenvalue weighted by molar-refractivity contribution is 5.79. The lowest BCUT2D eigenvalue weighted by atomic mass is 10.2. The fraction of sp³-hybridized carbons (Fsp3) is 0.538. The number of nitrogen functional groups attached to an aromatic ring is 1. The van der Waals surface area contributed by atoms with Crippen molar-refractivity contribution < 1.29 is 14.5 Å². The van der Waals surface area contributed by atoms with Crippen molar-refractivity contribution in [2.75, 3.05) is 24.1 Å². The van der Waals surface area contributed by atoms with E-state index in [1.165, 1.54) is 0 Å². The van der Waals surface area contributed by atoms with Gasteiger partial charge < -0.3 is 21.1 Å². The van der Waals surface area contributed by atoms with Gasteiger partial charge in [-0.05, 0) is 27.2 Å². The molecule has 0 spiro atoms. The van der Waals surface area contributed by atoms with Crippen LogP contribution in [0.1, 0.15) is 27.2 Å². The zero-order valence-electron chi connectivity index (χ0n) is 13.0. The lowest BCUT2D eigenvalue weighted by Crippen LogP contribution is -2.33. The number of nitrogens with two attached hydrogens (primary N) is 1. The number of nitrogens with zero attached hydrogens (tertiary/aromatic N) is 2. The third-order valence-corrected chi connectivity index (χ3v) is 2.67. The van der Waals surface area contributed by atoms with Crippen LogP contribution in [0.5, 0.6) is 0 Å². The normalized spacial score (nSPS) is 11.4. The van der Waals surface area contributed by atoms with Crippen LogP contribution >= 0.6 is 0 Å². The minimum atomic E-state index is -0.490. The number of H-pyrrole nitrogens is 2. The molecular formula is C13H22N7O2+. The maximum Gasteiger partial charge on any atom is 0.407 e. The molecule has 0 fully saturated rings. The maximum atomic E-state index is 11.5. The number of aromatic nitrogens is 4. The smallest absolute Gasteiger partial charge is 0.407 e. The average Bonchev–Trinajstić information content (AvgIpc) is 2.85. The number of ether oxygens (including phenoxy) is 1. The van der Waals surface area contributed by atoms with Crippen molar-refractivity contribution in [1.29, 1.82) is 0 Å². The first-order valence-corrected chi connectivity index (χ1v) is 7.08. The number of alkyl carbamates (subject to hydrolysis) is 1. The molecule has 2 rings (SSSR count). The topological polar surface area (TPSA) is 132 Å². The van der Waals surface area contributed by atoms with Crippen molar-refractivity contribution in [2.45, 2.75) is 32.8 Å². The minimum Gasteiger partial charge on any atom is -0.444 e. The quantitative estimate of drug-likeness (QED) is 0.600. The molecule has 0 aliphatic carbocycles. The highest BCUT2D eigenvalue weighted by atomic mass is 16.6. The fourth-order valence-electron chi connectivity index (χ4n) is 1.77. The molecule has 2 heterocycles. The monoisotopic (exact) mass is 308 g/mol. The van der Waals surface area contributed by atoms with Crippen molar-refractivity contribution in [1.82, 2.24) is 20.3 Å². The molecule has 22 heavy (non-hydrogen) atoms. The molecule has 2 aromatic rings. The summed E-state index contributed by atoms with van der Waals surface area (Å²) < 4.78 is 5.14. The SMILES string of the molecule is CC(C)(C)OC(=O)NCCCNc1nc(N)c2[nH]c[nH+]c2n1. The second-order valence-corrected chi connectivity index (χ2v) is 5.80. The zero-order chi connectivity index (χ0) is 16.2. The van der Waals surface area contributed by atoms with E-state index in [1.54, 1.807) is 6.33 Å². The molecule has 0 saturated heterocycles. The number of aromatic amines is 2. The van der Waals surface area contributed by atoms with Gasteiger partial charge in [0.05, 0.1) is 0 Å². The van der Waals surface area contributed by atoms with Crippen LogP contribution in [0, 0.1) is 0 Å². The molecule has 6 N–H and O–H groups in total. The van der Waals surface area contributed by atoms with Gasteiger partial charge >= 0.3 is 17.7 Å². The first-order chi connectivity index (χ1) is 10.3. The Kier molecular flexibility index (Phi) is 4.64. The predicted octanol–water partition coefficient (Wildman–Crippen LogP) is 0.681. The Morgan fingerprint density at radius 2 is 2.18 bits per heavy atom. The van der Waals surface area contributed by atoms with E-state index in [0.29, 0.717) is 42.4 Å². The molecule has 1 amide bonds. The van der Waals surface area contributed by atoms with Crippen molar-refractivity contribution in [3.63, 3.8) is 0 Å². The van der Waals surface area contributed by atoms with Gasteiger partial charge in [-0.15, -0.1) is 0 Å². The van der Waals surface area contributed by atoms with Gasteiger partial charge in [0.25, 0.3) is 0 Å². The molecular weight excluding hydrogens is 286 g/mol. The number of carbonyl (C=O) groups is 1. The Morgan fingerprint density at radius 1 is 1.41 bits per heavy atom. The average molecular weight is 308 g/mol. The molecule has 0 bridgehead atoms. The summed E-state index contributed by atoms with van der Waals surface area (Å²) in [6, 6.07) is 0. The minimum absolute atomic E-state index is 0.376. The van der Waals surface area contributed by atoms with Gasteiger partial charge in [0, 0.05) is 13.1 Å². The lowest BCUT2D eigenvalue weighted by Gasteiger charge is -2.19. The van der Waals surface area contributed by atoms with Gasteiger partial charge in [-0.3, -0.25) is 4.98 Å². The predicted molar refractivity (Wildman–Crippen MR) is 82.2 cm³/mol. The van der Waals surface area contributed by atoms with Crippen LogP contribution in [0.4, 0.5) is 16.6 Å². The van der Waals surface area contributed by atoms with Gasteiger partial charge in [0.2, 0.25) is 5.52 Å². The van der Waals surface area contributed by atoms with Gasteiger partial charge in [-0.1, -0.05) is 4.98 Å². The largest absolute Gasteiger partial charge is 0.444 e. The summed E-state index contributed by atoms with van der Waals surface area (Å²) in [5, 5.41) is 5.75. The standard InChI is InChI=1S/C13H21N7O2/c1-13(2,3)22-12(21)16-6-4-5-15-11-19-9(14)8-10(20-11)18-7-17-8/h7H,4-6H2,1-3H3,(H,16,21)(H4,14,15,17,18,19,20)/p+1. The number of hydrogen-bond donors (Lipinski definition) is 4. The van der Waals surface area contributed by atoms with Gasteiger partial charge in [0.1, 0.15) is 5.60 Å².